The van der Waals surface area contributed by atoms with E-state index in [0.29, 0.717) is 16.7 Å². The highest BCUT2D eigenvalue weighted by Gasteiger charge is 2.21. The Balaban J connectivity index is 2.11. The van der Waals surface area contributed by atoms with Gasteiger partial charge in [0, 0.05) is 28.9 Å². The Labute approximate surface area is 127 Å². The van der Waals surface area contributed by atoms with Gasteiger partial charge in [0.1, 0.15) is 0 Å². The normalized spacial score (nSPS) is 13.0. The molecular weight excluding hydrogens is 288 g/mol. The smallest absolute Gasteiger partial charge is 0.228 e. The van der Waals surface area contributed by atoms with Crippen molar-refractivity contribution in [2.24, 2.45) is 0 Å². The number of carbonyl (C=O) groups excluding carboxylic acids is 1. The number of rotatable bonds is 3. The Morgan fingerprint density at radius 1 is 1.43 bits per heavy atom. The van der Waals surface area contributed by atoms with E-state index in [4.69, 9.17) is 11.6 Å². The van der Waals surface area contributed by atoms with E-state index in [1.807, 2.05) is 6.07 Å². The minimum absolute atomic E-state index is 0.0878. The summed E-state index contributed by atoms with van der Waals surface area (Å²) >= 11 is 6.01. The lowest BCUT2D eigenvalue weighted by Crippen LogP contribution is -2.13. The quantitative estimate of drug-likeness (QED) is 0.914. The van der Waals surface area contributed by atoms with Crippen molar-refractivity contribution in [3.63, 3.8) is 0 Å². The van der Waals surface area contributed by atoms with Gasteiger partial charge in [0.05, 0.1) is 17.8 Å². The summed E-state index contributed by atoms with van der Waals surface area (Å²) in [6.07, 6.45) is 2.96. The predicted octanol–water partition coefficient (Wildman–Crippen LogP) is 3.11. The van der Waals surface area contributed by atoms with Crippen molar-refractivity contribution >= 4 is 29.1 Å². The maximum absolute atomic E-state index is 12.0. The molecule has 0 spiro atoms. The number of benzene rings is 1. The van der Waals surface area contributed by atoms with Crippen LogP contribution in [-0.4, -0.2) is 22.4 Å². The topological polar surface area (TPSA) is 66.9 Å². The summed E-state index contributed by atoms with van der Waals surface area (Å²) in [4.78, 5) is 20.8. The van der Waals surface area contributed by atoms with Crippen molar-refractivity contribution in [3.05, 3.63) is 35.0 Å². The van der Waals surface area contributed by atoms with E-state index in [1.54, 1.807) is 18.3 Å². The average molecular weight is 303 g/mol. The first-order valence-corrected chi connectivity index (χ1v) is 7.24. The zero-order valence-corrected chi connectivity index (χ0v) is 12.4. The number of halogens is 1. The van der Waals surface area contributed by atoms with E-state index >= 15 is 0 Å². The van der Waals surface area contributed by atoms with Crippen molar-refractivity contribution in [1.29, 1.82) is 0 Å². The third kappa shape index (κ3) is 2.83. The highest BCUT2D eigenvalue weighted by atomic mass is 35.5. The summed E-state index contributed by atoms with van der Waals surface area (Å²) in [6.45, 7) is 2.89. The molecule has 2 heterocycles. The van der Waals surface area contributed by atoms with Gasteiger partial charge in [-0.25, -0.2) is 9.97 Å². The SMILES string of the molecule is CCCNc1ncc2c(n1)-c1ccc(Cl)cc1NC(=O)C2. The average Bonchev–Trinajstić information content (AvgIpc) is 2.59. The van der Waals surface area contributed by atoms with Crippen molar-refractivity contribution in [2.45, 2.75) is 19.8 Å². The number of amides is 1. The van der Waals surface area contributed by atoms with Crippen molar-refractivity contribution in [1.82, 2.24) is 9.97 Å². The molecule has 0 aliphatic carbocycles. The molecule has 5 nitrogen and oxygen atoms in total. The summed E-state index contributed by atoms with van der Waals surface area (Å²) in [6, 6.07) is 5.41. The fourth-order valence-electron chi connectivity index (χ4n) is 2.29. The third-order valence-electron chi connectivity index (χ3n) is 3.26. The largest absolute Gasteiger partial charge is 0.354 e. The highest BCUT2D eigenvalue weighted by Crippen LogP contribution is 2.34. The number of nitrogens with one attached hydrogen (secondary N) is 2. The number of carbonyl (C=O) groups is 1. The van der Waals surface area contributed by atoms with Crippen LogP contribution in [0.15, 0.2) is 24.4 Å². The molecule has 2 aromatic rings. The molecule has 0 fully saturated rings. The van der Waals surface area contributed by atoms with Gasteiger partial charge < -0.3 is 10.6 Å². The van der Waals surface area contributed by atoms with Crippen molar-refractivity contribution < 1.29 is 4.79 Å². The predicted molar refractivity (Wildman–Crippen MR) is 83.6 cm³/mol. The van der Waals surface area contributed by atoms with Crippen LogP contribution < -0.4 is 10.6 Å². The number of anilines is 2. The Bertz CT molecular complexity index is 702. The fraction of sp³-hybridized carbons (Fsp3) is 0.267. The van der Waals surface area contributed by atoms with Gasteiger partial charge in [-0.1, -0.05) is 18.5 Å². The van der Waals surface area contributed by atoms with E-state index in [1.165, 1.54) is 0 Å². The number of nitrogens with zero attached hydrogens (tertiary/aromatic N) is 2. The number of aromatic nitrogens is 2. The molecule has 1 aromatic carbocycles. The van der Waals surface area contributed by atoms with Crippen LogP contribution in [-0.2, 0) is 11.2 Å². The molecule has 0 saturated carbocycles. The summed E-state index contributed by atoms with van der Waals surface area (Å²) in [5.74, 6) is 0.487. The van der Waals surface area contributed by atoms with Crippen LogP contribution in [0.25, 0.3) is 11.3 Å². The summed E-state index contributed by atoms with van der Waals surface area (Å²) in [5.41, 5.74) is 3.14. The molecule has 1 aliphatic rings. The van der Waals surface area contributed by atoms with Gasteiger partial charge in [0.15, 0.2) is 0 Å². The van der Waals surface area contributed by atoms with Gasteiger partial charge in [-0.3, -0.25) is 4.79 Å². The molecule has 0 radical (unpaired) electrons. The van der Waals surface area contributed by atoms with Crippen molar-refractivity contribution in [3.8, 4) is 11.3 Å². The summed E-state index contributed by atoms with van der Waals surface area (Å²) < 4.78 is 0. The zero-order valence-electron chi connectivity index (χ0n) is 11.6. The van der Waals surface area contributed by atoms with Gasteiger partial charge in [-0.05, 0) is 24.6 Å². The van der Waals surface area contributed by atoms with Crippen LogP contribution in [0.4, 0.5) is 11.6 Å². The van der Waals surface area contributed by atoms with Gasteiger partial charge >= 0.3 is 0 Å². The molecule has 1 aliphatic heterocycles. The molecule has 1 aromatic heterocycles. The molecule has 0 saturated heterocycles. The van der Waals surface area contributed by atoms with Crippen LogP contribution in [0.1, 0.15) is 18.9 Å². The molecule has 0 unspecified atom stereocenters. The first kappa shape index (κ1) is 13.8. The zero-order chi connectivity index (χ0) is 14.8. The first-order chi connectivity index (χ1) is 10.2. The molecule has 1 amide bonds. The Morgan fingerprint density at radius 3 is 3.10 bits per heavy atom. The highest BCUT2D eigenvalue weighted by molar-refractivity contribution is 6.31. The lowest BCUT2D eigenvalue weighted by molar-refractivity contribution is -0.115. The Hall–Kier alpha value is -2.14. The maximum Gasteiger partial charge on any atom is 0.228 e. The number of fused-ring (bicyclic) bond motifs is 3. The maximum atomic E-state index is 12.0. The van der Waals surface area contributed by atoms with E-state index < -0.39 is 0 Å². The van der Waals surface area contributed by atoms with Crippen LogP contribution in [0.3, 0.4) is 0 Å². The standard InChI is InChI=1S/C15H15ClN4O/c1-2-5-17-15-18-8-9-6-13(21)19-12-7-10(16)3-4-11(12)14(9)20-15/h3-4,7-8H,2,5-6H2,1H3,(H,19,21)(H,17,18,20). The minimum Gasteiger partial charge on any atom is -0.354 e. The Kier molecular flexibility index (Phi) is 3.75. The molecule has 3 rings (SSSR count). The second kappa shape index (κ2) is 5.69. The molecule has 21 heavy (non-hydrogen) atoms. The fourth-order valence-corrected chi connectivity index (χ4v) is 2.46. The van der Waals surface area contributed by atoms with Gasteiger partial charge in [-0.15, -0.1) is 0 Å². The van der Waals surface area contributed by atoms with Crippen LogP contribution in [0, 0.1) is 0 Å². The van der Waals surface area contributed by atoms with E-state index in [2.05, 4.69) is 27.5 Å². The monoisotopic (exact) mass is 302 g/mol. The van der Waals surface area contributed by atoms with Crippen LogP contribution in [0.2, 0.25) is 5.02 Å². The minimum atomic E-state index is -0.0878. The number of hydrogen-bond donors (Lipinski definition) is 2. The summed E-state index contributed by atoms with van der Waals surface area (Å²) in [7, 11) is 0. The lowest BCUT2D eigenvalue weighted by atomic mass is 10.1. The molecular formula is C15H15ClN4O. The third-order valence-corrected chi connectivity index (χ3v) is 3.49. The first-order valence-electron chi connectivity index (χ1n) is 6.87. The summed E-state index contributed by atoms with van der Waals surface area (Å²) in [5, 5.41) is 6.61. The molecule has 108 valence electrons. The van der Waals surface area contributed by atoms with Crippen molar-refractivity contribution in [2.75, 3.05) is 17.2 Å². The van der Waals surface area contributed by atoms with E-state index in [-0.39, 0.29) is 12.3 Å². The molecule has 0 bridgehead atoms. The lowest BCUT2D eigenvalue weighted by Gasteiger charge is -2.10. The van der Waals surface area contributed by atoms with Gasteiger partial charge in [-0.2, -0.15) is 0 Å². The molecule has 2 N–H and O–H groups in total. The molecule has 0 atom stereocenters. The Morgan fingerprint density at radius 2 is 2.29 bits per heavy atom. The number of hydrogen-bond acceptors (Lipinski definition) is 4. The van der Waals surface area contributed by atoms with E-state index in [9.17, 15) is 4.79 Å². The van der Waals surface area contributed by atoms with E-state index in [0.717, 1.165) is 29.8 Å². The van der Waals surface area contributed by atoms with Gasteiger partial charge in [0.25, 0.3) is 0 Å². The van der Waals surface area contributed by atoms with Crippen LogP contribution >= 0.6 is 11.6 Å². The van der Waals surface area contributed by atoms with Gasteiger partial charge in [0.2, 0.25) is 11.9 Å². The second-order valence-electron chi connectivity index (χ2n) is 4.91. The van der Waals surface area contributed by atoms with Crippen LogP contribution in [0.5, 0.6) is 0 Å². The molecule has 6 heteroatoms. The second-order valence-corrected chi connectivity index (χ2v) is 5.35.